The van der Waals surface area contributed by atoms with Crippen LogP contribution < -0.4 is 14.8 Å². The fourth-order valence-corrected chi connectivity index (χ4v) is 3.62. The molecular formula is C25H25N5O5. The average molecular weight is 476 g/mol. The third kappa shape index (κ3) is 5.37. The molecule has 1 aliphatic rings. The van der Waals surface area contributed by atoms with E-state index in [4.69, 9.17) is 14.2 Å². The highest BCUT2D eigenvalue weighted by Gasteiger charge is 2.31. The average Bonchev–Trinajstić information content (AvgIpc) is 2.89. The van der Waals surface area contributed by atoms with Gasteiger partial charge in [0.1, 0.15) is 17.5 Å². The second-order valence-electron chi connectivity index (χ2n) is 7.64. The van der Waals surface area contributed by atoms with Crippen molar-refractivity contribution in [2.45, 2.75) is 26.0 Å². The summed E-state index contributed by atoms with van der Waals surface area (Å²) in [6.07, 6.45) is 3.86. The lowest BCUT2D eigenvalue weighted by molar-refractivity contribution is 0.0712. The first-order chi connectivity index (χ1) is 17.0. The minimum atomic E-state index is -0.546. The van der Waals surface area contributed by atoms with Gasteiger partial charge >= 0.3 is 6.09 Å². The fraction of sp³-hybridized carbons (Fsp3) is 0.240. The number of aromatic nitrogens is 2. The van der Waals surface area contributed by atoms with Gasteiger partial charge in [0.15, 0.2) is 11.5 Å². The number of nitrogens with zero attached hydrogens (tertiary/aromatic N) is 4. The molecular weight excluding hydrogens is 450 g/mol. The minimum absolute atomic E-state index is 0.154. The molecule has 0 bridgehead atoms. The van der Waals surface area contributed by atoms with E-state index in [0.29, 0.717) is 29.3 Å². The van der Waals surface area contributed by atoms with Gasteiger partial charge in [0.25, 0.3) is 5.91 Å². The van der Waals surface area contributed by atoms with Gasteiger partial charge in [-0.05, 0) is 42.3 Å². The van der Waals surface area contributed by atoms with Crippen molar-refractivity contribution in [1.82, 2.24) is 15.0 Å². The van der Waals surface area contributed by atoms with E-state index in [1.807, 2.05) is 19.1 Å². The van der Waals surface area contributed by atoms with Crippen LogP contribution in [0.3, 0.4) is 0 Å². The Morgan fingerprint density at radius 1 is 1.11 bits per heavy atom. The molecule has 1 unspecified atom stereocenters. The van der Waals surface area contributed by atoms with E-state index in [9.17, 15) is 9.59 Å². The zero-order valence-electron chi connectivity index (χ0n) is 19.6. The highest BCUT2D eigenvalue weighted by atomic mass is 16.6. The van der Waals surface area contributed by atoms with E-state index in [-0.39, 0.29) is 18.1 Å². The Bertz CT molecular complexity index is 1250. The Kier molecular flexibility index (Phi) is 7.20. The largest absolute Gasteiger partial charge is 0.493 e. The predicted octanol–water partition coefficient (Wildman–Crippen LogP) is 3.88. The molecule has 10 nitrogen and oxygen atoms in total. The molecule has 35 heavy (non-hydrogen) atoms. The third-order valence-electron chi connectivity index (χ3n) is 5.35. The lowest BCUT2D eigenvalue weighted by atomic mass is 10.0. The van der Waals surface area contributed by atoms with Crippen LogP contribution in [0.2, 0.25) is 0 Å². The van der Waals surface area contributed by atoms with Gasteiger partial charge in [-0.3, -0.25) is 9.78 Å². The molecule has 0 saturated carbocycles. The third-order valence-corrected chi connectivity index (χ3v) is 5.35. The van der Waals surface area contributed by atoms with Crippen molar-refractivity contribution in [3.05, 3.63) is 77.9 Å². The molecule has 0 saturated heterocycles. The molecule has 2 amide bonds. The second kappa shape index (κ2) is 10.6. The molecule has 0 fully saturated rings. The summed E-state index contributed by atoms with van der Waals surface area (Å²) in [6.45, 7) is 2.08. The summed E-state index contributed by atoms with van der Waals surface area (Å²) in [5.41, 5.74) is 2.88. The number of nitrogens with one attached hydrogen (secondary N) is 1. The van der Waals surface area contributed by atoms with E-state index >= 15 is 0 Å². The first-order valence-corrected chi connectivity index (χ1v) is 11.0. The minimum Gasteiger partial charge on any atom is -0.493 e. The Morgan fingerprint density at radius 3 is 2.66 bits per heavy atom. The van der Waals surface area contributed by atoms with Crippen molar-refractivity contribution in [3.63, 3.8) is 0 Å². The number of carbonyl (C=O) groups excluding carboxylic acids is 2. The molecule has 180 valence electrons. The summed E-state index contributed by atoms with van der Waals surface area (Å²) in [4.78, 5) is 33.0. The Hall–Kier alpha value is -4.47. The number of rotatable bonds is 8. The smallest absolute Gasteiger partial charge is 0.431 e. The maximum atomic E-state index is 12.7. The molecule has 3 aromatic rings. The van der Waals surface area contributed by atoms with Crippen LogP contribution >= 0.6 is 0 Å². The molecule has 1 atom stereocenters. The van der Waals surface area contributed by atoms with Crippen LogP contribution in [0.1, 0.15) is 35.0 Å². The number of hydrazone groups is 1. The van der Waals surface area contributed by atoms with Crippen LogP contribution in [0.5, 0.6) is 11.5 Å². The molecule has 0 aliphatic carbocycles. The van der Waals surface area contributed by atoms with Gasteiger partial charge in [-0.15, -0.1) is 0 Å². The highest BCUT2D eigenvalue weighted by Crippen LogP contribution is 2.30. The number of hydrogen-bond donors (Lipinski definition) is 1. The van der Waals surface area contributed by atoms with Crippen molar-refractivity contribution in [2.24, 2.45) is 5.10 Å². The molecule has 2 aromatic carbocycles. The summed E-state index contributed by atoms with van der Waals surface area (Å²) in [5.74, 6) is 0.764. The van der Waals surface area contributed by atoms with E-state index in [1.165, 1.54) is 23.6 Å². The fourth-order valence-electron chi connectivity index (χ4n) is 3.62. The van der Waals surface area contributed by atoms with Gasteiger partial charge in [0.2, 0.25) is 0 Å². The van der Waals surface area contributed by atoms with E-state index in [0.717, 1.165) is 11.1 Å². The predicted molar refractivity (Wildman–Crippen MR) is 129 cm³/mol. The topological polar surface area (TPSA) is 115 Å². The van der Waals surface area contributed by atoms with Crippen molar-refractivity contribution < 1.29 is 23.8 Å². The molecule has 4 rings (SSSR count). The van der Waals surface area contributed by atoms with Gasteiger partial charge in [-0.2, -0.15) is 10.1 Å². The zero-order chi connectivity index (χ0) is 24.8. The lowest BCUT2D eigenvalue weighted by Crippen LogP contribution is -2.41. The first kappa shape index (κ1) is 23.7. The quantitative estimate of drug-likeness (QED) is 0.526. The number of benzene rings is 2. The number of methoxy groups -OCH3 is 2. The number of cyclic esters (lactones) is 1. The lowest BCUT2D eigenvalue weighted by Gasteiger charge is -2.29. The molecule has 10 heteroatoms. The van der Waals surface area contributed by atoms with Gasteiger partial charge in [0, 0.05) is 23.6 Å². The molecule has 0 radical (unpaired) electrons. The second-order valence-corrected chi connectivity index (χ2v) is 7.64. The maximum absolute atomic E-state index is 12.7. The van der Waals surface area contributed by atoms with Crippen molar-refractivity contribution in [1.29, 1.82) is 0 Å². The monoisotopic (exact) mass is 475 g/mol. The summed E-state index contributed by atoms with van der Waals surface area (Å²) in [7, 11) is 3.13. The summed E-state index contributed by atoms with van der Waals surface area (Å²) in [6, 6.07) is 12.6. The first-order valence-electron chi connectivity index (χ1n) is 11.0. The van der Waals surface area contributed by atoms with Crippen molar-refractivity contribution in [3.8, 4) is 11.5 Å². The molecule has 1 aliphatic heterocycles. The maximum Gasteiger partial charge on any atom is 0.431 e. The SMILES string of the molecule is CCC1OC(=O)N(Cc2cccc(NC(=O)c3cnccn3)c2)N=C1c1ccc(OC)c(OC)c1. The summed E-state index contributed by atoms with van der Waals surface area (Å²) < 4.78 is 16.4. The van der Waals surface area contributed by atoms with E-state index in [1.54, 1.807) is 44.6 Å². The summed E-state index contributed by atoms with van der Waals surface area (Å²) in [5, 5.41) is 8.67. The van der Waals surface area contributed by atoms with Crippen molar-refractivity contribution >= 4 is 23.4 Å². The molecule has 1 aromatic heterocycles. The van der Waals surface area contributed by atoms with Crippen LogP contribution in [0.15, 0.2) is 66.2 Å². The highest BCUT2D eigenvalue weighted by molar-refractivity contribution is 6.06. The number of ether oxygens (including phenoxy) is 3. The van der Waals surface area contributed by atoms with Crippen LogP contribution in [0, 0.1) is 0 Å². The zero-order valence-corrected chi connectivity index (χ0v) is 19.6. The molecule has 2 heterocycles. The van der Waals surface area contributed by atoms with Crippen LogP contribution in [-0.2, 0) is 11.3 Å². The van der Waals surface area contributed by atoms with Gasteiger partial charge in [0.05, 0.1) is 27.0 Å². The Balaban J connectivity index is 1.57. The van der Waals surface area contributed by atoms with Crippen LogP contribution in [-0.4, -0.2) is 53.0 Å². The van der Waals surface area contributed by atoms with Crippen LogP contribution in [0.25, 0.3) is 0 Å². The van der Waals surface area contributed by atoms with E-state index < -0.39 is 12.2 Å². The Morgan fingerprint density at radius 2 is 1.94 bits per heavy atom. The molecule has 0 spiro atoms. The normalized spacial score (nSPS) is 15.2. The number of amides is 2. The van der Waals surface area contributed by atoms with Crippen LogP contribution in [0.4, 0.5) is 10.5 Å². The Labute approximate surface area is 202 Å². The van der Waals surface area contributed by atoms with Crippen molar-refractivity contribution in [2.75, 3.05) is 19.5 Å². The van der Waals surface area contributed by atoms with Gasteiger partial charge in [-0.25, -0.2) is 9.78 Å². The van der Waals surface area contributed by atoms with Gasteiger partial charge in [-0.1, -0.05) is 19.1 Å². The standard InChI is InChI=1S/C25H25N5O5/c1-4-20-23(17-8-9-21(33-2)22(13-17)34-3)29-30(25(32)35-20)15-16-6-5-7-18(12-16)28-24(31)19-14-26-10-11-27-19/h5-14,20H,4,15H2,1-3H3,(H,28,31). The molecule has 1 N–H and O–H groups in total. The van der Waals surface area contributed by atoms with Gasteiger partial charge < -0.3 is 19.5 Å². The number of carbonyl (C=O) groups is 2. The van der Waals surface area contributed by atoms with E-state index in [2.05, 4.69) is 20.4 Å². The summed E-state index contributed by atoms with van der Waals surface area (Å²) >= 11 is 0. The number of hydrogen-bond acceptors (Lipinski definition) is 8. The number of anilines is 1.